The summed E-state index contributed by atoms with van der Waals surface area (Å²) in [6, 6.07) is 3.81. The first-order valence-corrected chi connectivity index (χ1v) is 9.21. The second-order valence-corrected chi connectivity index (χ2v) is 7.13. The molecule has 0 radical (unpaired) electrons. The zero-order valence-electron chi connectivity index (χ0n) is 14.8. The Morgan fingerprint density at radius 1 is 1.30 bits per heavy atom. The molecule has 0 bridgehead atoms. The first-order valence-electron chi connectivity index (χ1n) is 8.83. The number of rotatable bonds is 6. The third kappa shape index (κ3) is 4.81. The first-order chi connectivity index (χ1) is 12.9. The van der Waals surface area contributed by atoms with Gasteiger partial charge in [-0.1, -0.05) is 17.7 Å². The molecule has 3 rings (SSSR count). The maximum absolute atomic E-state index is 11.5. The normalized spacial score (nSPS) is 19.6. The van der Waals surface area contributed by atoms with Crippen LogP contribution in [0.3, 0.4) is 0 Å². The molecule has 1 fully saturated rings. The average molecular weight is 392 g/mol. The smallest absolute Gasteiger partial charge is 0.332 e. The van der Waals surface area contributed by atoms with E-state index in [-0.39, 0.29) is 23.5 Å². The molecule has 1 aliphatic carbocycles. The van der Waals surface area contributed by atoms with E-state index in [1.54, 1.807) is 12.3 Å². The summed E-state index contributed by atoms with van der Waals surface area (Å²) >= 11 is 6.04. The molecule has 0 atom stereocenters. The quantitative estimate of drug-likeness (QED) is 0.387. The predicted molar refractivity (Wildman–Crippen MR) is 103 cm³/mol. The van der Waals surface area contributed by atoms with E-state index in [2.05, 4.69) is 20.3 Å². The van der Waals surface area contributed by atoms with Gasteiger partial charge in [-0.15, -0.1) is 0 Å². The zero-order valence-corrected chi connectivity index (χ0v) is 15.5. The number of nitrogens with one attached hydrogen (secondary N) is 1. The van der Waals surface area contributed by atoms with Crippen LogP contribution in [0.5, 0.6) is 0 Å². The Bertz CT molecular complexity index is 825. The summed E-state index contributed by atoms with van der Waals surface area (Å²) in [5.41, 5.74) is 12.7. The molecule has 10 heteroatoms. The summed E-state index contributed by atoms with van der Waals surface area (Å²) in [5, 5.41) is 14.8. The molecule has 0 spiro atoms. The van der Waals surface area contributed by atoms with Crippen molar-refractivity contribution in [1.29, 1.82) is 0 Å². The zero-order chi connectivity index (χ0) is 19.4. The average Bonchev–Trinajstić information content (AvgIpc) is 2.62. The summed E-state index contributed by atoms with van der Waals surface area (Å²) in [5.74, 6) is 0.399. The monoisotopic (exact) mass is 391 g/mol. The van der Waals surface area contributed by atoms with E-state index in [0.29, 0.717) is 29.7 Å². The number of nitrogens with zero attached hydrogens (tertiary/aromatic N) is 4. The molecule has 0 unspecified atom stereocenters. The summed E-state index contributed by atoms with van der Waals surface area (Å²) in [6.45, 7) is 0.335. The standard InChI is InChI=1S/C17H22ClN7O2/c18-15-11(2-1-7-21-15)9-22-17-23-13(14(25(26)27)16(20)24-17)8-10-3-5-12(19)6-4-10/h1-2,7,10,12H,3-6,8-9,19H2,(H3,20,22,23,24)/t10-,12-. The molecule has 0 saturated heterocycles. The van der Waals surface area contributed by atoms with Crippen LogP contribution in [0.2, 0.25) is 5.15 Å². The Hall–Kier alpha value is -2.52. The van der Waals surface area contributed by atoms with Crippen LogP contribution in [-0.4, -0.2) is 25.9 Å². The number of pyridine rings is 1. The van der Waals surface area contributed by atoms with E-state index >= 15 is 0 Å². The maximum atomic E-state index is 11.5. The van der Waals surface area contributed by atoms with Crippen molar-refractivity contribution in [2.75, 3.05) is 11.1 Å². The molecule has 2 aromatic rings. The van der Waals surface area contributed by atoms with Crippen LogP contribution < -0.4 is 16.8 Å². The number of nitro groups is 1. The van der Waals surface area contributed by atoms with Crippen molar-refractivity contribution in [3.8, 4) is 0 Å². The predicted octanol–water partition coefficient (Wildman–Crippen LogP) is 2.69. The molecule has 0 aromatic carbocycles. The highest BCUT2D eigenvalue weighted by Gasteiger charge is 2.27. The second kappa shape index (κ2) is 8.45. The van der Waals surface area contributed by atoms with Crippen molar-refractivity contribution < 1.29 is 4.92 Å². The lowest BCUT2D eigenvalue weighted by atomic mass is 9.83. The molecule has 1 saturated carbocycles. The highest BCUT2D eigenvalue weighted by molar-refractivity contribution is 6.30. The van der Waals surface area contributed by atoms with Crippen molar-refractivity contribution in [2.24, 2.45) is 11.7 Å². The molecular weight excluding hydrogens is 370 g/mol. The van der Waals surface area contributed by atoms with Gasteiger partial charge in [0.25, 0.3) is 0 Å². The van der Waals surface area contributed by atoms with Crippen molar-refractivity contribution in [2.45, 2.75) is 44.7 Å². The van der Waals surface area contributed by atoms with Gasteiger partial charge in [-0.05, 0) is 44.1 Å². The van der Waals surface area contributed by atoms with Crippen molar-refractivity contribution in [1.82, 2.24) is 15.0 Å². The van der Waals surface area contributed by atoms with Crippen LogP contribution in [0.15, 0.2) is 18.3 Å². The van der Waals surface area contributed by atoms with Gasteiger partial charge in [-0.3, -0.25) is 10.1 Å². The van der Waals surface area contributed by atoms with E-state index in [0.717, 1.165) is 31.2 Å². The fraction of sp³-hybridized carbons (Fsp3) is 0.471. The van der Waals surface area contributed by atoms with Crippen molar-refractivity contribution >= 4 is 29.1 Å². The Morgan fingerprint density at radius 3 is 2.70 bits per heavy atom. The second-order valence-electron chi connectivity index (χ2n) is 6.78. The lowest BCUT2D eigenvalue weighted by Crippen LogP contribution is -2.27. The number of nitrogen functional groups attached to an aromatic ring is 1. The lowest BCUT2D eigenvalue weighted by Gasteiger charge is -2.25. The van der Waals surface area contributed by atoms with Gasteiger partial charge >= 0.3 is 5.69 Å². The van der Waals surface area contributed by atoms with E-state index in [1.165, 1.54) is 0 Å². The van der Waals surface area contributed by atoms with E-state index in [9.17, 15) is 10.1 Å². The van der Waals surface area contributed by atoms with Gasteiger partial charge in [0.2, 0.25) is 11.8 Å². The van der Waals surface area contributed by atoms with Crippen LogP contribution in [-0.2, 0) is 13.0 Å². The van der Waals surface area contributed by atoms with Gasteiger partial charge in [0, 0.05) is 24.3 Å². The largest absolute Gasteiger partial charge is 0.378 e. The fourth-order valence-corrected chi connectivity index (χ4v) is 3.52. The molecule has 0 aliphatic heterocycles. The van der Waals surface area contributed by atoms with Gasteiger partial charge in [0.05, 0.1) is 4.92 Å². The van der Waals surface area contributed by atoms with Gasteiger partial charge in [-0.2, -0.15) is 4.98 Å². The van der Waals surface area contributed by atoms with E-state index in [4.69, 9.17) is 23.1 Å². The van der Waals surface area contributed by atoms with Crippen molar-refractivity contribution in [3.05, 3.63) is 44.9 Å². The molecule has 1 aliphatic rings. The summed E-state index contributed by atoms with van der Waals surface area (Å²) in [7, 11) is 0. The summed E-state index contributed by atoms with van der Waals surface area (Å²) < 4.78 is 0. The van der Waals surface area contributed by atoms with E-state index in [1.807, 2.05) is 6.07 Å². The van der Waals surface area contributed by atoms with Crippen molar-refractivity contribution in [3.63, 3.8) is 0 Å². The highest BCUT2D eigenvalue weighted by Crippen LogP contribution is 2.32. The Labute approximate surface area is 161 Å². The molecule has 0 amide bonds. The number of nitrogens with two attached hydrogens (primary N) is 2. The van der Waals surface area contributed by atoms with Crippen LogP contribution in [0, 0.1) is 16.0 Å². The summed E-state index contributed by atoms with van der Waals surface area (Å²) in [6.07, 6.45) is 5.78. The topological polar surface area (TPSA) is 146 Å². The number of hydrogen-bond acceptors (Lipinski definition) is 8. The fourth-order valence-electron chi connectivity index (χ4n) is 3.33. The Kier molecular flexibility index (Phi) is 6.02. The van der Waals surface area contributed by atoms with Crippen LogP contribution in [0.4, 0.5) is 17.5 Å². The molecular formula is C17H22ClN7O2. The van der Waals surface area contributed by atoms with Gasteiger partial charge in [0.1, 0.15) is 10.8 Å². The lowest BCUT2D eigenvalue weighted by molar-refractivity contribution is -0.385. The third-order valence-electron chi connectivity index (χ3n) is 4.81. The number of anilines is 2. The minimum absolute atomic E-state index is 0.141. The molecule has 2 aromatic heterocycles. The molecule has 5 N–H and O–H groups in total. The summed E-state index contributed by atoms with van der Waals surface area (Å²) in [4.78, 5) is 23.4. The van der Waals surface area contributed by atoms with Crippen LogP contribution in [0.25, 0.3) is 0 Å². The van der Waals surface area contributed by atoms with Gasteiger partial charge in [0.15, 0.2) is 0 Å². The molecule has 2 heterocycles. The Balaban J connectivity index is 1.80. The molecule has 27 heavy (non-hydrogen) atoms. The highest BCUT2D eigenvalue weighted by atomic mass is 35.5. The molecule has 144 valence electrons. The van der Waals surface area contributed by atoms with Crippen LogP contribution >= 0.6 is 11.6 Å². The number of halogens is 1. The minimum Gasteiger partial charge on any atom is -0.378 e. The minimum atomic E-state index is -0.513. The maximum Gasteiger partial charge on any atom is 0.332 e. The van der Waals surface area contributed by atoms with E-state index < -0.39 is 4.92 Å². The first kappa shape index (κ1) is 19.2. The number of hydrogen-bond donors (Lipinski definition) is 3. The Morgan fingerprint density at radius 2 is 2.04 bits per heavy atom. The third-order valence-corrected chi connectivity index (χ3v) is 5.15. The van der Waals surface area contributed by atoms with Gasteiger partial charge in [-0.25, -0.2) is 9.97 Å². The SMILES string of the molecule is Nc1nc(NCc2cccnc2Cl)nc(C[C@H]2CC[C@H](N)CC2)c1[N+](=O)[O-]. The van der Waals surface area contributed by atoms with Crippen LogP contribution in [0.1, 0.15) is 36.9 Å². The van der Waals surface area contributed by atoms with Gasteiger partial charge < -0.3 is 16.8 Å². The number of aromatic nitrogens is 3. The molecule has 9 nitrogen and oxygen atoms in total.